The van der Waals surface area contributed by atoms with E-state index in [-0.39, 0.29) is 5.91 Å². The lowest BCUT2D eigenvalue weighted by atomic mass is 10.0. The van der Waals surface area contributed by atoms with Gasteiger partial charge in [-0.15, -0.1) is 0 Å². The van der Waals surface area contributed by atoms with Crippen LogP contribution in [0.2, 0.25) is 0 Å². The summed E-state index contributed by atoms with van der Waals surface area (Å²) < 4.78 is 0.982. The number of piperidine rings is 1. The smallest absolute Gasteiger partial charge is 0.225 e. The summed E-state index contributed by atoms with van der Waals surface area (Å²) in [7, 11) is 0. The fraction of sp³-hybridized carbons (Fsp3) is 0.533. The van der Waals surface area contributed by atoms with Crippen LogP contribution in [-0.2, 0) is 4.79 Å². The molecule has 0 aliphatic carbocycles. The number of nitrogens with zero attached hydrogens (tertiary/aromatic N) is 1. The number of carbonyl (C=O) groups is 1. The molecule has 0 saturated carbocycles. The zero-order valence-corrected chi connectivity index (χ0v) is 12.9. The fourth-order valence-electron chi connectivity index (χ4n) is 2.54. The lowest BCUT2D eigenvalue weighted by molar-refractivity contribution is -0.116. The van der Waals surface area contributed by atoms with Crippen LogP contribution in [0.25, 0.3) is 0 Å². The van der Waals surface area contributed by atoms with E-state index < -0.39 is 0 Å². The number of nitrogens with one attached hydrogen (secondary N) is 1. The van der Waals surface area contributed by atoms with Crippen molar-refractivity contribution in [3.8, 4) is 0 Å². The second-order valence-corrected chi connectivity index (χ2v) is 6.27. The maximum atomic E-state index is 11.9. The molecule has 0 spiro atoms. The molecule has 1 atom stereocenters. The Labute approximate surface area is 123 Å². The van der Waals surface area contributed by atoms with Crippen molar-refractivity contribution in [1.29, 1.82) is 0 Å². The highest BCUT2D eigenvalue weighted by atomic mass is 79.9. The highest BCUT2D eigenvalue weighted by molar-refractivity contribution is 9.10. The number of rotatable bonds is 4. The van der Waals surface area contributed by atoms with Gasteiger partial charge in [0.2, 0.25) is 5.91 Å². The van der Waals surface area contributed by atoms with Crippen molar-refractivity contribution in [3.05, 3.63) is 28.7 Å². The molecule has 1 aliphatic rings. The fourth-order valence-corrected chi connectivity index (χ4v) is 2.94. The van der Waals surface area contributed by atoms with Gasteiger partial charge in [0.1, 0.15) is 0 Å². The van der Waals surface area contributed by atoms with Crippen molar-refractivity contribution < 1.29 is 4.79 Å². The number of amides is 1. The molecular formula is C15H21BrN2O. The van der Waals surface area contributed by atoms with Gasteiger partial charge in [0.15, 0.2) is 0 Å². The van der Waals surface area contributed by atoms with Crippen molar-refractivity contribution in [2.45, 2.75) is 26.2 Å². The molecule has 1 N–H and O–H groups in total. The SMILES string of the molecule is CC1CCCN(CCC(=O)Nc2cccc(Br)c2)C1. The average molecular weight is 325 g/mol. The first-order valence-corrected chi connectivity index (χ1v) is 7.70. The largest absolute Gasteiger partial charge is 0.326 e. The minimum absolute atomic E-state index is 0.0938. The number of likely N-dealkylation sites (tertiary alicyclic amines) is 1. The van der Waals surface area contributed by atoms with Gasteiger partial charge in [-0.25, -0.2) is 0 Å². The van der Waals surface area contributed by atoms with Crippen molar-refractivity contribution in [3.63, 3.8) is 0 Å². The van der Waals surface area contributed by atoms with Gasteiger partial charge >= 0.3 is 0 Å². The second kappa shape index (κ2) is 7.06. The van der Waals surface area contributed by atoms with Gasteiger partial charge in [-0.2, -0.15) is 0 Å². The predicted molar refractivity (Wildman–Crippen MR) is 82.2 cm³/mol. The molecule has 1 heterocycles. The Morgan fingerprint density at radius 2 is 2.37 bits per heavy atom. The number of hydrogen-bond donors (Lipinski definition) is 1. The summed E-state index contributed by atoms with van der Waals surface area (Å²) in [4.78, 5) is 14.3. The summed E-state index contributed by atoms with van der Waals surface area (Å²) in [6.45, 7) is 5.41. The molecule has 3 nitrogen and oxygen atoms in total. The third kappa shape index (κ3) is 4.96. The van der Waals surface area contributed by atoms with E-state index in [1.165, 1.54) is 12.8 Å². The minimum atomic E-state index is 0.0938. The van der Waals surface area contributed by atoms with E-state index in [4.69, 9.17) is 0 Å². The molecule has 19 heavy (non-hydrogen) atoms. The van der Waals surface area contributed by atoms with E-state index in [9.17, 15) is 4.79 Å². The van der Waals surface area contributed by atoms with Crippen LogP contribution in [0.1, 0.15) is 26.2 Å². The maximum absolute atomic E-state index is 11.9. The van der Waals surface area contributed by atoms with Crippen LogP contribution < -0.4 is 5.32 Å². The van der Waals surface area contributed by atoms with E-state index in [1.807, 2.05) is 24.3 Å². The van der Waals surface area contributed by atoms with E-state index in [1.54, 1.807) is 0 Å². The molecule has 1 aromatic carbocycles. The monoisotopic (exact) mass is 324 g/mol. The van der Waals surface area contributed by atoms with E-state index in [0.29, 0.717) is 6.42 Å². The molecule has 0 aromatic heterocycles. The number of benzene rings is 1. The van der Waals surface area contributed by atoms with Gasteiger partial charge in [0.25, 0.3) is 0 Å². The van der Waals surface area contributed by atoms with Gasteiger partial charge in [-0.1, -0.05) is 28.9 Å². The van der Waals surface area contributed by atoms with Crippen LogP contribution >= 0.6 is 15.9 Å². The van der Waals surface area contributed by atoms with Gasteiger partial charge in [-0.3, -0.25) is 4.79 Å². The van der Waals surface area contributed by atoms with Gasteiger partial charge < -0.3 is 10.2 Å². The first-order chi connectivity index (χ1) is 9.13. The summed E-state index contributed by atoms with van der Waals surface area (Å²) in [5, 5.41) is 2.94. The third-order valence-corrected chi connectivity index (χ3v) is 4.00. The standard InChI is InChI=1S/C15H21BrN2O/c1-12-4-3-8-18(11-12)9-7-15(19)17-14-6-2-5-13(16)10-14/h2,5-6,10,12H,3-4,7-9,11H2,1H3,(H,17,19). The lowest BCUT2D eigenvalue weighted by Gasteiger charge is -2.30. The van der Waals surface area contributed by atoms with E-state index in [0.717, 1.165) is 35.7 Å². The van der Waals surface area contributed by atoms with Crippen LogP contribution in [-0.4, -0.2) is 30.4 Å². The number of anilines is 1. The van der Waals surface area contributed by atoms with Crippen molar-refractivity contribution in [2.24, 2.45) is 5.92 Å². The number of hydrogen-bond acceptors (Lipinski definition) is 2. The Bertz CT molecular complexity index is 436. The Kier molecular flexibility index (Phi) is 5.40. The molecule has 1 aliphatic heterocycles. The summed E-state index contributed by atoms with van der Waals surface area (Å²) in [5.74, 6) is 0.859. The molecule has 1 fully saturated rings. The summed E-state index contributed by atoms with van der Waals surface area (Å²) in [5.41, 5.74) is 0.853. The molecule has 1 amide bonds. The molecule has 1 saturated heterocycles. The lowest BCUT2D eigenvalue weighted by Crippen LogP contribution is -2.36. The second-order valence-electron chi connectivity index (χ2n) is 5.36. The molecule has 1 aromatic rings. The quantitative estimate of drug-likeness (QED) is 0.919. The Morgan fingerprint density at radius 3 is 3.11 bits per heavy atom. The molecule has 4 heteroatoms. The van der Waals surface area contributed by atoms with Gasteiger partial charge in [-0.05, 0) is 43.5 Å². The Morgan fingerprint density at radius 1 is 1.53 bits per heavy atom. The average Bonchev–Trinajstić information content (AvgIpc) is 2.36. The topological polar surface area (TPSA) is 32.3 Å². The zero-order valence-electron chi connectivity index (χ0n) is 11.4. The summed E-state index contributed by atoms with van der Waals surface area (Å²) in [6.07, 6.45) is 3.15. The van der Waals surface area contributed by atoms with E-state index in [2.05, 4.69) is 33.1 Å². The first kappa shape index (κ1) is 14.5. The zero-order chi connectivity index (χ0) is 13.7. The van der Waals surface area contributed by atoms with Crippen molar-refractivity contribution in [1.82, 2.24) is 4.90 Å². The maximum Gasteiger partial charge on any atom is 0.225 e. The van der Waals surface area contributed by atoms with Crippen molar-refractivity contribution >= 4 is 27.5 Å². The molecule has 104 valence electrons. The van der Waals surface area contributed by atoms with E-state index >= 15 is 0 Å². The molecular weight excluding hydrogens is 304 g/mol. The van der Waals surface area contributed by atoms with Crippen LogP contribution in [0.15, 0.2) is 28.7 Å². The minimum Gasteiger partial charge on any atom is -0.326 e. The Hall–Kier alpha value is -0.870. The van der Waals surface area contributed by atoms with Crippen LogP contribution in [0.5, 0.6) is 0 Å². The van der Waals surface area contributed by atoms with Gasteiger partial charge in [0, 0.05) is 29.7 Å². The number of carbonyl (C=O) groups excluding carboxylic acids is 1. The Balaban J connectivity index is 1.75. The molecule has 0 bridgehead atoms. The van der Waals surface area contributed by atoms with Gasteiger partial charge in [0.05, 0.1) is 0 Å². The number of halogens is 1. The van der Waals surface area contributed by atoms with Crippen molar-refractivity contribution in [2.75, 3.05) is 25.0 Å². The molecule has 2 rings (SSSR count). The highest BCUT2D eigenvalue weighted by Crippen LogP contribution is 2.17. The van der Waals surface area contributed by atoms with Crippen LogP contribution in [0.3, 0.4) is 0 Å². The normalized spacial score (nSPS) is 20.2. The first-order valence-electron chi connectivity index (χ1n) is 6.91. The molecule has 1 unspecified atom stereocenters. The summed E-state index contributed by atoms with van der Waals surface area (Å²) >= 11 is 3.40. The van der Waals surface area contributed by atoms with Crippen LogP contribution in [0, 0.1) is 5.92 Å². The third-order valence-electron chi connectivity index (χ3n) is 3.50. The highest BCUT2D eigenvalue weighted by Gasteiger charge is 2.16. The summed E-state index contributed by atoms with van der Waals surface area (Å²) in [6, 6.07) is 7.70. The van der Waals surface area contributed by atoms with Crippen LogP contribution in [0.4, 0.5) is 5.69 Å². The predicted octanol–water partition coefficient (Wildman–Crippen LogP) is 3.51. The molecule has 0 radical (unpaired) electrons.